The smallest absolute Gasteiger partial charge is 0.194 e. The molecular formula is C18H27IN6S. The summed E-state index contributed by atoms with van der Waals surface area (Å²) in [7, 11) is 3.95. The molecule has 0 atom stereocenters. The van der Waals surface area contributed by atoms with E-state index in [0.717, 1.165) is 24.9 Å². The minimum Gasteiger partial charge on any atom is -0.357 e. The molecule has 6 nitrogen and oxygen atoms in total. The van der Waals surface area contributed by atoms with Crippen molar-refractivity contribution in [1.29, 1.82) is 0 Å². The molecule has 8 heteroatoms. The molecule has 0 unspecified atom stereocenters. The molecule has 1 N–H and O–H groups in total. The van der Waals surface area contributed by atoms with Crippen molar-refractivity contribution in [2.45, 2.75) is 36.0 Å². The first-order valence-electron chi connectivity index (χ1n) is 8.68. The number of halogens is 1. The van der Waals surface area contributed by atoms with Crippen molar-refractivity contribution in [1.82, 2.24) is 25.0 Å². The molecule has 2 aromatic rings. The highest BCUT2D eigenvalue weighted by molar-refractivity contribution is 14.0. The van der Waals surface area contributed by atoms with Crippen LogP contribution in [0.5, 0.6) is 0 Å². The predicted octanol–water partition coefficient (Wildman–Crippen LogP) is 3.16. The van der Waals surface area contributed by atoms with Gasteiger partial charge in [-0.05, 0) is 31.9 Å². The second kappa shape index (κ2) is 9.59. The van der Waals surface area contributed by atoms with Crippen molar-refractivity contribution in [3.8, 4) is 0 Å². The van der Waals surface area contributed by atoms with Crippen LogP contribution in [0.2, 0.25) is 0 Å². The minimum absolute atomic E-state index is 0. The summed E-state index contributed by atoms with van der Waals surface area (Å²) in [4.78, 5) is 12.6. The fraction of sp³-hybridized carbons (Fsp3) is 0.500. The topological polar surface area (TPSA) is 58.3 Å². The first kappa shape index (κ1) is 21.0. The Labute approximate surface area is 176 Å². The summed E-state index contributed by atoms with van der Waals surface area (Å²) in [6, 6.07) is 10.6. The second-order valence-electron chi connectivity index (χ2n) is 6.42. The molecule has 1 heterocycles. The Morgan fingerprint density at radius 1 is 1.35 bits per heavy atom. The van der Waals surface area contributed by atoms with Gasteiger partial charge in [0.25, 0.3) is 0 Å². The van der Waals surface area contributed by atoms with E-state index in [1.807, 2.05) is 25.9 Å². The Morgan fingerprint density at radius 3 is 2.65 bits per heavy atom. The lowest BCUT2D eigenvalue weighted by Crippen LogP contribution is -2.39. The molecule has 1 aromatic heterocycles. The molecule has 1 fully saturated rings. The number of hydrogen-bond donors (Lipinski definition) is 1. The van der Waals surface area contributed by atoms with E-state index >= 15 is 0 Å². The van der Waals surface area contributed by atoms with Gasteiger partial charge in [0.2, 0.25) is 0 Å². The van der Waals surface area contributed by atoms with E-state index in [1.54, 1.807) is 11.0 Å². The highest BCUT2D eigenvalue weighted by Crippen LogP contribution is 2.51. The van der Waals surface area contributed by atoms with Gasteiger partial charge >= 0.3 is 0 Å². The average Bonchev–Trinajstić information content (AvgIpc) is 3.26. The van der Waals surface area contributed by atoms with Gasteiger partial charge in [0.15, 0.2) is 5.96 Å². The van der Waals surface area contributed by atoms with Crippen LogP contribution in [-0.4, -0.2) is 50.5 Å². The van der Waals surface area contributed by atoms with Crippen LogP contribution in [0.15, 0.2) is 46.5 Å². The molecule has 142 valence electrons. The van der Waals surface area contributed by atoms with Gasteiger partial charge in [0, 0.05) is 30.3 Å². The lowest BCUT2D eigenvalue weighted by molar-refractivity contribution is 0.448. The third kappa shape index (κ3) is 5.60. The molecule has 0 bridgehead atoms. The maximum atomic E-state index is 4.91. The van der Waals surface area contributed by atoms with Crippen molar-refractivity contribution < 1.29 is 0 Å². The Kier molecular flexibility index (Phi) is 7.75. The normalized spacial score (nSPS) is 15.3. The number of rotatable bonds is 7. The molecular weight excluding hydrogens is 459 g/mol. The molecule has 3 rings (SSSR count). The van der Waals surface area contributed by atoms with Gasteiger partial charge in [-0.15, -0.1) is 35.7 Å². The van der Waals surface area contributed by atoms with Crippen LogP contribution in [-0.2, 0) is 13.6 Å². The van der Waals surface area contributed by atoms with Crippen LogP contribution in [0.3, 0.4) is 0 Å². The maximum Gasteiger partial charge on any atom is 0.194 e. The Hall–Kier alpha value is -1.29. The first-order valence-corrected chi connectivity index (χ1v) is 9.50. The molecule has 1 aliphatic rings. The molecule has 26 heavy (non-hydrogen) atoms. The highest BCUT2D eigenvalue weighted by atomic mass is 127. The number of aromatic nitrogens is 3. The van der Waals surface area contributed by atoms with Crippen molar-refractivity contribution in [2.75, 3.05) is 20.1 Å². The molecule has 0 aliphatic heterocycles. The molecule has 0 spiro atoms. The minimum atomic E-state index is 0. The zero-order valence-electron chi connectivity index (χ0n) is 15.6. The highest BCUT2D eigenvalue weighted by Gasteiger charge is 2.43. The molecule has 1 saturated carbocycles. The van der Waals surface area contributed by atoms with Crippen LogP contribution >= 0.6 is 35.7 Å². The lowest BCUT2D eigenvalue weighted by Gasteiger charge is -2.22. The number of aliphatic imine (C=N–C) groups is 1. The zero-order chi connectivity index (χ0) is 17.7. The van der Waals surface area contributed by atoms with Gasteiger partial charge in [-0.1, -0.05) is 18.2 Å². The molecule has 0 amide bonds. The number of nitrogens with zero attached hydrogens (tertiary/aromatic N) is 5. The Bertz CT molecular complexity index is 713. The zero-order valence-corrected chi connectivity index (χ0v) is 18.7. The van der Waals surface area contributed by atoms with Crippen LogP contribution in [0.4, 0.5) is 0 Å². The Balaban J connectivity index is 0.00000243. The number of aryl methyl sites for hydroxylation is 1. The summed E-state index contributed by atoms with van der Waals surface area (Å²) in [5, 5.41) is 7.52. The van der Waals surface area contributed by atoms with Crippen LogP contribution < -0.4 is 5.32 Å². The third-order valence-electron chi connectivity index (χ3n) is 4.28. The van der Waals surface area contributed by atoms with Crippen LogP contribution in [0.1, 0.15) is 25.6 Å². The first-order chi connectivity index (χ1) is 12.1. The maximum absolute atomic E-state index is 4.91. The summed E-state index contributed by atoms with van der Waals surface area (Å²) in [6.45, 7) is 4.46. The second-order valence-corrected chi connectivity index (χ2v) is 7.97. The Morgan fingerprint density at radius 2 is 2.08 bits per heavy atom. The van der Waals surface area contributed by atoms with E-state index < -0.39 is 0 Å². The fourth-order valence-corrected chi connectivity index (χ4v) is 3.84. The lowest BCUT2D eigenvalue weighted by atomic mass is 10.4. The quantitative estimate of drug-likeness (QED) is 0.370. The van der Waals surface area contributed by atoms with E-state index in [0.29, 0.717) is 6.54 Å². The van der Waals surface area contributed by atoms with E-state index in [2.05, 4.69) is 57.6 Å². The van der Waals surface area contributed by atoms with Gasteiger partial charge in [-0.25, -0.2) is 4.98 Å². The van der Waals surface area contributed by atoms with Gasteiger partial charge in [0.05, 0.1) is 13.1 Å². The standard InChI is InChI=1S/C18H26N6S.HI/c1-4-19-17(23(2)12-16-21-14-22-24(16)3)20-13-18(10-11-18)25-15-8-6-5-7-9-15;/h5-9,14H,4,10-13H2,1-3H3,(H,19,20);1H. The van der Waals surface area contributed by atoms with Gasteiger partial charge < -0.3 is 10.2 Å². The summed E-state index contributed by atoms with van der Waals surface area (Å²) in [5.41, 5.74) is 0. The fourth-order valence-electron chi connectivity index (χ4n) is 2.61. The predicted molar refractivity (Wildman–Crippen MR) is 118 cm³/mol. The summed E-state index contributed by atoms with van der Waals surface area (Å²) in [5.74, 6) is 1.85. The largest absolute Gasteiger partial charge is 0.357 e. The number of nitrogens with one attached hydrogen (secondary N) is 1. The number of benzene rings is 1. The molecule has 1 aromatic carbocycles. The van der Waals surface area contributed by atoms with Crippen molar-refractivity contribution in [2.24, 2.45) is 12.0 Å². The molecule has 0 radical (unpaired) electrons. The summed E-state index contributed by atoms with van der Waals surface area (Å²) >= 11 is 1.96. The average molecular weight is 486 g/mol. The van der Waals surface area contributed by atoms with Crippen LogP contribution in [0, 0.1) is 0 Å². The molecule has 0 saturated heterocycles. The van der Waals surface area contributed by atoms with Crippen molar-refractivity contribution in [3.63, 3.8) is 0 Å². The van der Waals surface area contributed by atoms with E-state index in [-0.39, 0.29) is 28.7 Å². The van der Waals surface area contributed by atoms with Gasteiger partial charge in [-0.2, -0.15) is 5.10 Å². The van der Waals surface area contributed by atoms with Crippen LogP contribution in [0.25, 0.3) is 0 Å². The van der Waals surface area contributed by atoms with Crippen molar-refractivity contribution >= 4 is 41.7 Å². The van der Waals surface area contributed by atoms with Gasteiger partial charge in [-0.3, -0.25) is 9.67 Å². The van der Waals surface area contributed by atoms with Gasteiger partial charge in [0.1, 0.15) is 12.2 Å². The molecule has 1 aliphatic carbocycles. The summed E-state index contributed by atoms with van der Waals surface area (Å²) in [6.07, 6.45) is 4.04. The number of hydrogen-bond acceptors (Lipinski definition) is 4. The third-order valence-corrected chi connectivity index (χ3v) is 5.76. The SMILES string of the molecule is CCNC(=NCC1(Sc2ccccc2)CC1)N(C)Cc1ncnn1C.I. The number of guanidine groups is 1. The van der Waals surface area contributed by atoms with E-state index in [1.165, 1.54) is 17.7 Å². The monoisotopic (exact) mass is 486 g/mol. The van der Waals surface area contributed by atoms with E-state index in [4.69, 9.17) is 4.99 Å². The number of thioether (sulfide) groups is 1. The van der Waals surface area contributed by atoms with Crippen molar-refractivity contribution in [3.05, 3.63) is 42.5 Å². The summed E-state index contributed by atoms with van der Waals surface area (Å²) < 4.78 is 2.06. The van der Waals surface area contributed by atoms with E-state index in [9.17, 15) is 0 Å².